The Morgan fingerprint density at radius 2 is 1.64 bits per heavy atom. The first-order valence-electron chi connectivity index (χ1n) is 13.9. The molecule has 0 spiro atoms. The maximum Gasteiger partial charge on any atom is 0.251 e. The lowest BCUT2D eigenvalue weighted by atomic mass is 10.0. The summed E-state index contributed by atoms with van der Waals surface area (Å²) in [5, 5.41) is 7.49. The van der Waals surface area contributed by atoms with E-state index >= 15 is 0 Å². The highest BCUT2D eigenvalue weighted by atomic mass is 32.2. The third-order valence-corrected chi connectivity index (χ3v) is 6.24. The fourth-order valence-electron chi connectivity index (χ4n) is 3.39. The molecule has 7 heteroatoms. The van der Waals surface area contributed by atoms with Crippen LogP contribution < -0.4 is 16.4 Å². The Hall–Kier alpha value is -3.16. The van der Waals surface area contributed by atoms with Gasteiger partial charge in [0.25, 0.3) is 5.91 Å². The van der Waals surface area contributed by atoms with Crippen molar-refractivity contribution in [2.24, 2.45) is 10.7 Å². The Morgan fingerprint density at radius 3 is 2.33 bits per heavy atom. The number of benzene rings is 2. The molecule has 0 aliphatic carbocycles. The largest absolute Gasteiger partial charge is 0.343 e. The molecule has 1 heterocycles. The number of nitrogens with zero attached hydrogens (tertiary/aromatic N) is 1. The number of nitrogens with one attached hydrogen (secondary N) is 2. The van der Waals surface area contributed by atoms with Crippen molar-refractivity contribution in [3.05, 3.63) is 82.8 Å². The number of amides is 2. The van der Waals surface area contributed by atoms with Crippen LogP contribution in [0.3, 0.4) is 0 Å². The SMILES string of the molecule is C/C(=C\SC(C)NC(=O)CNC(=O)c1ccccc1)c1cccc(/C2=C/CCCCC=N2)c1.CC.CC.CN.[HH].[HH]. The molecule has 1 unspecified atom stereocenters. The van der Waals surface area contributed by atoms with E-state index in [0.29, 0.717) is 5.56 Å². The van der Waals surface area contributed by atoms with Gasteiger partial charge in [0.2, 0.25) is 5.91 Å². The number of hydrogen-bond acceptors (Lipinski definition) is 5. The van der Waals surface area contributed by atoms with E-state index in [-0.39, 0.29) is 26.6 Å². The molecule has 0 saturated carbocycles. The first-order chi connectivity index (χ1) is 19.0. The van der Waals surface area contributed by atoms with Gasteiger partial charge >= 0.3 is 0 Å². The molecule has 1 aliphatic heterocycles. The van der Waals surface area contributed by atoms with Gasteiger partial charge in [-0.25, -0.2) is 0 Å². The van der Waals surface area contributed by atoms with Crippen LogP contribution in [0.5, 0.6) is 0 Å². The molecule has 39 heavy (non-hydrogen) atoms. The second-order valence-electron chi connectivity index (χ2n) is 7.96. The fraction of sp³-hybridized carbons (Fsp3) is 0.406. The topological polar surface area (TPSA) is 96.6 Å². The van der Waals surface area contributed by atoms with Gasteiger partial charge in [0, 0.05) is 20.2 Å². The van der Waals surface area contributed by atoms with E-state index in [2.05, 4.69) is 64.0 Å². The molecule has 6 nitrogen and oxygen atoms in total. The molecule has 2 aromatic carbocycles. The number of thioether (sulfide) groups is 1. The van der Waals surface area contributed by atoms with Crippen LogP contribution >= 0.6 is 11.8 Å². The number of nitrogens with two attached hydrogens (primary N) is 1. The minimum atomic E-state index is -0.259. The van der Waals surface area contributed by atoms with Crippen molar-refractivity contribution < 1.29 is 12.4 Å². The summed E-state index contributed by atoms with van der Waals surface area (Å²) in [5.74, 6) is -0.480. The number of hydrogen-bond donors (Lipinski definition) is 3. The fourth-order valence-corrected chi connectivity index (χ4v) is 4.13. The van der Waals surface area contributed by atoms with E-state index < -0.39 is 0 Å². The number of carbonyl (C=O) groups excluding carboxylic acids is 2. The van der Waals surface area contributed by atoms with Crippen LogP contribution in [0.2, 0.25) is 0 Å². The molecular weight excluding hydrogens is 504 g/mol. The quantitative estimate of drug-likeness (QED) is 0.289. The summed E-state index contributed by atoms with van der Waals surface area (Å²) in [6.07, 6.45) is 8.72. The van der Waals surface area contributed by atoms with Crippen molar-refractivity contribution in [3.8, 4) is 0 Å². The molecule has 218 valence electrons. The van der Waals surface area contributed by atoms with Crippen LogP contribution in [-0.4, -0.2) is 37.0 Å². The smallest absolute Gasteiger partial charge is 0.251 e. The molecule has 0 saturated heterocycles. The first kappa shape index (κ1) is 35.8. The molecule has 0 bridgehead atoms. The van der Waals surface area contributed by atoms with E-state index in [1.54, 1.807) is 24.3 Å². The molecule has 2 aromatic rings. The zero-order valence-electron chi connectivity index (χ0n) is 24.8. The zero-order chi connectivity index (χ0) is 29.5. The lowest BCUT2D eigenvalue weighted by molar-refractivity contribution is -0.120. The van der Waals surface area contributed by atoms with Gasteiger partial charge in [-0.05, 0) is 81.3 Å². The van der Waals surface area contributed by atoms with Crippen molar-refractivity contribution in [1.82, 2.24) is 10.6 Å². The van der Waals surface area contributed by atoms with Gasteiger partial charge in [0.15, 0.2) is 0 Å². The predicted molar refractivity (Wildman–Crippen MR) is 176 cm³/mol. The number of carbonyl (C=O) groups is 2. The molecule has 0 radical (unpaired) electrons. The van der Waals surface area contributed by atoms with Crippen LogP contribution in [0.15, 0.2) is 71.1 Å². The number of allylic oxidation sites excluding steroid dienone is 2. The van der Waals surface area contributed by atoms with Crippen molar-refractivity contribution in [2.75, 3.05) is 13.6 Å². The molecule has 4 N–H and O–H groups in total. The minimum Gasteiger partial charge on any atom is -0.343 e. The van der Waals surface area contributed by atoms with Gasteiger partial charge in [-0.3, -0.25) is 14.6 Å². The van der Waals surface area contributed by atoms with Crippen LogP contribution in [0.1, 0.15) is 91.6 Å². The monoisotopic (exact) mass is 556 g/mol. The Labute approximate surface area is 243 Å². The number of aliphatic imine (C=N–C) groups is 1. The summed E-state index contributed by atoms with van der Waals surface area (Å²) >= 11 is 1.53. The lowest BCUT2D eigenvalue weighted by Gasteiger charge is -2.13. The Bertz CT molecular complexity index is 1060. The molecule has 1 atom stereocenters. The van der Waals surface area contributed by atoms with E-state index in [4.69, 9.17) is 0 Å². The minimum absolute atomic E-state index is 0. The Morgan fingerprint density at radius 1 is 1.00 bits per heavy atom. The molecule has 2 amide bonds. The normalized spacial score (nSPS) is 14.6. The van der Waals surface area contributed by atoms with Crippen molar-refractivity contribution in [1.29, 1.82) is 0 Å². The highest BCUT2D eigenvalue weighted by Crippen LogP contribution is 2.25. The molecule has 0 aromatic heterocycles. The van der Waals surface area contributed by atoms with Gasteiger partial charge in [0.1, 0.15) is 0 Å². The van der Waals surface area contributed by atoms with E-state index in [1.807, 2.05) is 46.9 Å². The third kappa shape index (κ3) is 14.5. The van der Waals surface area contributed by atoms with Crippen molar-refractivity contribution in [2.45, 2.75) is 72.6 Å². The zero-order valence-corrected chi connectivity index (χ0v) is 25.6. The van der Waals surface area contributed by atoms with Gasteiger partial charge in [-0.15, -0.1) is 11.8 Å². The first-order valence-corrected chi connectivity index (χ1v) is 14.8. The maximum atomic E-state index is 12.2. The van der Waals surface area contributed by atoms with Crippen LogP contribution in [0.4, 0.5) is 0 Å². The standard InChI is InChI=1S/C27H31N3O2S.2C2H6.CH5N.2H2/c1-20(23-13-10-14-24(17-23)25-15-8-3-4-9-16-28-25)19-33-21(2)30-26(31)18-29-27(32)22-11-6-5-7-12-22;3*1-2;;/h5-7,10-17,19,21H,3-4,8-9,18H2,1-2H3,(H,29,32)(H,30,31);2*1-2H3;2H2,1H3;2*1H/b20-19+,25-15-,28-16?;;;;;. The second-order valence-corrected chi connectivity index (χ2v) is 9.18. The highest BCUT2D eigenvalue weighted by molar-refractivity contribution is 8.02. The summed E-state index contributed by atoms with van der Waals surface area (Å²) in [4.78, 5) is 28.9. The van der Waals surface area contributed by atoms with Crippen LogP contribution in [0, 0.1) is 0 Å². The molecular formula is C32H52N4O2S. The average molecular weight is 557 g/mol. The van der Waals surface area contributed by atoms with E-state index in [0.717, 1.165) is 35.2 Å². The Balaban J connectivity index is -0.00000169. The molecule has 3 rings (SSSR count). The molecule has 1 aliphatic rings. The Kier molecular flexibility index (Phi) is 20.9. The van der Waals surface area contributed by atoms with Crippen LogP contribution in [0.25, 0.3) is 11.3 Å². The third-order valence-electron chi connectivity index (χ3n) is 5.23. The van der Waals surface area contributed by atoms with Gasteiger partial charge in [-0.2, -0.15) is 0 Å². The summed E-state index contributed by atoms with van der Waals surface area (Å²) in [6.45, 7) is 11.9. The van der Waals surface area contributed by atoms with E-state index in [9.17, 15) is 9.59 Å². The average Bonchev–Trinajstić information content (AvgIpc) is 2.98. The highest BCUT2D eigenvalue weighted by Gasteiger charge is 2.10. The second kappa shape index (κ2) is 22.8. The predicted octanol–water partition coefficient (Wildman–Crippen LogP) is 7.78. The summed E-state index contributed by atoms with van der Waals surface area (Å²) in [6, 6.07) is 17.3. The van der Waals surface area contributed by atoms with Crippen molar-refractivity contribution in [3.63, 3.8) is 0 Å². The van der Waals surface area contributed by atoms with E-state index in [1.165, 1.54) is 31.7 Å². The van der Waals surface area contributed by atoms with Crippen LogP contribution in [-0.2, 0) is 4.79 Å². The molecule has 0 fully saturated rings. The number of rotatable bonds is 8. The lowest BCUT2D eigenvalue weighted by Crippen LogP contribution is -2.39. The summed E-state index contributed by atoms with van der Waals surface area (Å²) in [5.41, 5.74) is 9.45. The van der Waals surface area contributed by atoms with Gasteiger partial charge in [0.05, 0.1) is 17.6 Å². The van der Waals surface area contributed by atoms with Gasteiger partial charge in [-0.1, -0.05) is 70.2 Å². The van der Waals surface area contributed by atoms with Crippen molar-refractivity contribution >= 4 is 41.1 Å². The van der Waals surface area contributed by atoms with Gasteiger partial charge < -0.3 is 16.4 Å². The maximum absolute atomic E-state index is 12.2. The summed E-state index contributed by atoms with van der Waals surface area (Å²) in [7, 11) is 1.50. The summed E-state index contributed by atoms with van der Waals surface area (Å²) < 4.78 is 0.